The second kappa shape index (κ2) is 4.11. The summed E-state index contributed by atoms with van der Waals surface area (Å²) in [6, 6.07) is 0. The van der Waals surface area contributed by atoms with Crippen molar-refractivity contribution < 1.29 is 9.84 Å². The highest BCUT2D eigenvalue weighted by Crippen LogP contribution is 2.23. The lowest BCUT2D eigenvalue weighted by molar-refractivity contribution is 0.0375. The largest absolute Gasteiger partial charge is 0.394 e. The van der Waals surface area contributed by atoms with Crippen LogP contribution >= 0.6 is 0 Å². The summed E-state index contributed by atoms with van der Waals surface area (Å²) in [7, 11) is 1.76. The minimum Gasteiger partial charge on any atom is -0.394 e. The van der Waals surface area contributed by atoms with Crippen LogP contribution in [0.2, 0.25) is 0 Å². The fourth-order valence-electron chi connectivity index (χ4n) is 1.66. The van der Waals surface area contributed by atoms with Gasteiger partial charge in [0.2, 0.25) is 5.95 Å². The number of anilines is 1. The number of aryl methyl sites for hydroxylation is 1. The standard InChI is InChI=1S/C8H15N5O2/c1-13-7(10-11-12-13)9-8(6-14)2-4-15-5-3-8/h14H,2-6H2,1H3,(H,9,10,12). The Bertz CT molecular complexity index is 321. The van der Waals surface area contributed by atoms with Gasteiger partial charge in [-0.05, 0) is 23.3 Å². The zero-order valence-electron chi connectivity index (χ0n) is 8.68. The highest BCUT2D eigenvalue weighted by molar-refractivity contribution is 5.28. The van der Waals surface area contributed by atoms with Crippen molar-refractivity contribution in [2.24, 2.45) is 7.05 Å². The van der Waals surface area contributed by atoms with Crippen molar-refractivity contribution in [3.05, 3.63) is 0 Å². The van der Waals surface area contributed by atoms with E-state index >= 15 is 0 Å². The lowest BCUT2D eigenvalue weighted by Crippen LogP contribution is -2.47. The number of aromatic nitrogens is 4. The number of nitrogens with zero attached hydrogens (tertiary/aromatic N) is 4. The highest BCUT2D eigenvalue weighted by Gasteiger charge is 2.33. The van der Waals surface area contributed by atoms with Gasteiger partial charge in [0.05, 0.1) is 12.1 Å². The molecule has 7 nitrogen and oxygen atoms in total. The average Bonchev–Trinajstić information content (AvgIpc) is 2.66. The molecular weight excluding hydrogens is 198 g/mol. The van der Waals surface area contributed by atoms with Crippen LogP contribution in [0, 0.1) is 0 Å². The summed E-state index contributed by atoms with van der Waals surface area (Å²) in [5.74, 6) is 0.575. The maximum atomic E-state index is 9.44. The summed E-state index contributed by atoms with van der Waals surface area (Å²) in [5, 5.41) is 23.7. The second-order valence-corrected chi connectivity index (χ2v) is 3.80. The first-order valence-electron chi connectivity index (χ1n) is 4.95. The monoisotopic (exact) mass is 213 g/mol. The fraction of sp³-hybridized carbons (Fsp3) is 0.875. The molecule has 1 fully saturated rings. The Balaban J connectivity index is 2.10. The molecule has 1 saturated heterocycles. The molecule has 1 aromatic heterocycles. The van der Waals surface area contributed by atoms with Crippen molar-refractivity contribution in [1.82, 2.24) is 20.2 Å². The molecule has 0 aliphatic carbocycles. The molecule has 0 radical (unpaired) electrons. The maximum absolute atomic E-state index is 9.44. The van der Waals surface area contributed by atoms with E-state index in [0.29, 0.717) is 19.2 Å². The molecule has 7 heteroatoms. The summed E-state index contributed by atoms with van der Waals surface area (Å²) in [4.78, 5) is 0. The van der Waals surface area contributed by atoms with Crippen LogP contribution in [0.5, 0.6) is 0 Å². The number of hydrogen-bond acceptors (Lipinski definition) is 6. The highest BCUT2D eigenvalue weighted by atomic mass is 16.5. The van der Waals surface area contributed by atoms with E-state index in [1.807, 2.05) is 0 Å². The Morgan fingerprint density at radius 3 is 2.80 bits per heavy atom. The van der Waals surface area contributed by atoms with Crippen LogP contribution in [0.3, 0.4) is 0 Å². The lowest BCUT2D eigenvalue weighted by atomic mass is 9.91. The number of aliphatic hydroxyl groups excluding tert-OH is 1. The summed E-state index contributed by atoms with van der Waals surface area (Å²) in [5.41, 5.74) is -0.347. The van der Waals surface area contributed by atoms with Gasteiger partial charge >= 0.3 is 0 Å². The van der Waals surface area contributed by atoms with Gasteiger partial charge in [0.1, 0.15) is 0 Å². The summed E-state index contributed by atoms with van der Waals surface area (Å²) >= 11 is 0. The van der Waals surface area contributed by atoms with Crippen LogP contribution in [0.25, 0.3) is 0 Å². The van der Waals surface area contributed by atoms with Crippen molar-refractivity contribution in [2.75, 3.05) is 25.1 Å². The minimum atomic E-state index is -0.347. The van der Waals surface area contributed by atoms with E-state index < -0.39 is 0 Å². The molecule has 84 valence electrons. The molecule has 2 heterocycles. The van der Waals surface area contributed by atoms with Crippen LogP contribution in [-0.2, 0) is 11.8 Å². The molecule has 2 rings (SSSR count). The van der Waals surface area contributed by atoms with Crippen molar-refractivity contribution >= 4 is 5.95 Å². The van der Waals surface area contributed by atoms with Crippen LogP contribution < -0.4 is 5.32 Å². The van der Waals surface area contributed by atoms with Crippen molar-refractivity contribution in [1.29, 1.82) is 0 Å². The van der Waals surface area contributed by atoms with Gasteiger partial charge in [-0.2, -0.15) is 0 Å². The third kappa shape index (κ3) is 2.07. The number of rotatable bonds is 3. The lowest BCUT2D eigenvalue weighted by Gasteiger charge is -2.36. The van der Waals surface area contributed by atoms with Gasteiger partial charge in [-0.3, -0.25) is 0 Å². The van der Waals surface area contributed by atoms with E-state index in [2.05, 4.69) is 20.8 Å². The van der Waals surface area contributed by atoms with Gasteiger partial charge in [-0.25, -0.2) is 4.68 Å². The Morgan fingerprint density at radius 2 is 2.27 bits per heavy atom. The third-order valence-corrected chi connectivity index (χ3v) is 2.75. The van der Waals surface area contributed by atoms with Crippen molar-refractivity contribution in [3.63, 3.8) is 0 Å². The number of ether oxygens (including phenoxy) is 1. The Morgan fingerprint density at radius 1 is 1.53 bits per heavy atom. The Hall–Kier alpha value is -1.21. The molecule has 2 N–H and O–H groups in total. The van der Waals surface area contributed by atoms with E-state index in [9.17, 15) is 5.11 Å². The van der Waals surface area contributed by atoms with Crippen molar-refractivity contribution in [3.8, 4) is 0 Å². The zero-order valence-corrected chi connectivity index (χ0v) is 8.68. The molecule has 1 aliphatic rings. The third-order valence-electron chi connectivity index (χ3n) is 2.75. The van der Waals surface area contributed by atoms with Gasteiger partial charge < -0.3 is 15.2 Å². The van der Waals surface area contributed by atoms with Gasteiger partial charge in [-0.15, -0.1) is 0 Å². The summed E-state index contributed by atoms with van der Waals surface area (Å²) in [6.07, 6.45) is 1.52. The number of hydrogen-bond donors (Lipinski definition) is 2. The first-order chi connectivity index (χ1) is 7.26. The molecule has 0 amide bonds. The van der Waals surface area contributed by atoms with Crippen LogP contribution in [-0.4, -0.2) is 50.7 Å². The van der Waals surface area contributed by atoms with Crippen molar-refractivity contribution in [2.45, 2.75) is 18.4 Å². The number of nitrogens with one attached hydrogen (secondary N) is 1. The molecule has 15 heavy (non-hydrogen) atoms. The first-order valence-corrected chi connectivity index (χ1v) is 4.95. The van der Waals surface area contributed by atoms with Gasteiger partial charge in [0.25, 0.3) is 0 Å². The molecular formula is C8H15N5O2. The molecule has 1 aromatic rings. The molecule has 1 aliphatic heterocycles. The Kier molecular flexibility index (Phi) is 2.83. The van der Waals surface area contributed by atoms with Gasteiger partial charge in [0.15, 0.2) is 0 Å². The smallest absolute Gasteiger partial charge is 0.243 e. The molecule has 0 bridgehead atoms. The van der Waals surface area contributed by atoms with E-state index in [0.717, 1.165) is 12.8 Å². The predicted octanol–water partition coefficient (Wildman–Crippen LogP) is -0.837. The summed E-state index contributed by atoms with van der Waals surface area (Å²) in [6.45, 7) is 1.36. The van der Waals surface area contributed by atoms with Crippen LogP contribution in [0.15, 0.2) is 0 Å². The van der Waals surface area contributed by atoms with Gasteiger partial charge in [0, 0.05) is 20.3 Å². The second-order valence-electron chi connectivity index (χ2n) is 3.80. The van der Waals surface area contributed by atoms with E-state index in [-0.39, 0.29) is 12.1 Å². The van der Waals surface area contributed by atoms with E-state index in [4.69, 9.17) is 4.74 Å². The van der Waals surface area contributed by atoms with Gasteiger partial charge in [-0.1, -0.05) is 5.10 Å². The average molecular weight is 213 g/mol. The van der Waals surface area contributed by atoms with Crippen LogP contribution in [0.4, 0.5) is 5.95 Å². The SMILES string of the molecule is Cn1nnnc1NC1(CO)CCOCC1. The quantitative estimate of drug-likeness (QED) is 0.681. The molecule has 0 aromatic carbocycles. The number of aliphatic hydroxyl groups is 1. The maximum Gasteiger partial charge on any atom is 0.243 e. The zero-order chi connectivity index (χ0) is 10.7. The topological polar surface area (TPSA) is 85.1 Å². The minimum absolute atomic E-state index is 0.0587. The van der Waals surface area contributed by atoms with E-state index in [1.165, 1.54) is 0 Å². The first kappa shape index (κ1) is 10.3. The molecule has 0 saturated carbocycles. The predicted molar refractivity (Wildman–Crippen MR) is 52.3 cm³/mol. The van der Waals surface area contributed by atoms with Crippen LogP contribution in [0.1, 0.15) is 12.8 Å². The molecule has 0 spiro atoms. The molecule has 0 unspecified atom stereocenters. The number of tetrazole rings is 1. The normalized spacial score (nSPS) is 20.1. The summed E-state index contributed by atoms with van der Waals surface area (Å²) < 4.78 is 6.81. The molecule has 0 atom stereocenters. The Labute approximate surface area is 87.4 Å². The van der Waals surface area contributed by atoms with E-state index in [1.54, 1.807) is 11.7 Å². The fourth-order valence-corrected chi connectivity index (χ4v) is 1.66.